The number of ether oxygens (including phenoxy) is 4. The van der Waals surface area contributed by atoms with Crippen LogP contribution in [-0.2, 0) is 0 Å². The lowest BCUT2D eigenvalue weighted by molar-refractivity contribution is 0.0729. The van der Waals surface area contributed by atoms with E-state index in [4.69, 9.17) is 18.9 Å². The minimum atomic E-state index is -0.525. The van der Waals surface area contributed by atoms with Gasteiger partial charge in [-0.1, -0.05) is 12.1 Å². The molecule has 3 aromatic carbocycles. The summed E-state index contributed by atoms with van der Waals surface area (Å²) in [5.41, 5.74) is 3.88. The first-order valence-corrected chi connectivity index (χ1v) is 10.7. The molecule has 0 saturated carbocycles. The second-order valence-corrected chi connectivity index (χ2v) is 6.89. The number of nitrogens with one attached hydrogen (secondary N) is 1. The zero-order valence-corrected chi connectivity index (χ0v) is 19.2. The minimum Gasteiger partial charge on any atom is -0.494 e. The number of hydrogen-bond acceptors (Lipinski definition) is 7. The highest BCUT2D eigenvalue weighted by atomic mass is 16.6. The number of hydrogen-bond donors (Lipinski definition) is 1. The Morgan fingerprint density at radius 3 is 2.32 bits per heavy atom. The van der Waals surface area contributed by atoms with Gasteiger partial charge in [0.2, 0.25) is 0 Å². The largest absolute Gasteiger partial charge is 0.494 e. The fourth-order valence-corrected chi connectivity index (χ4v) is 3.02. The highest BCUT2D eigenvalue weighted by Crippen LogP contribution is 2.28. The molecule has 0 aromatic heterocycles. The Balaban J connectivity index is 1.66. The lowest BCUT2D eigenvalue weighted by Crippen LogP contribution is -2.18. The SMILES string of the molecule is CCOc1ccc(C(=O)Oc2ccc(C=NNC(=O)c3ccccc3OCC)cc2OC)cc1. The van der Waals surface area contributed by atoms with E-state index in [1.54, 1.807) is 66.7 Å². The fourth-order valence-electron chi connectivity index (χ4n) is 3.02. The van der Waals surface area contributed by atoms with Crippen LogP contribution in [0.15, 0.2) is 71.8 Å². The molecule has 0 saturated heterocycles. The van der Waals surface area contributed by atoms with Gasteiger partial charge in [-0.15, -0.1) is 0 Å². The van der Waals surface area contributed by atoms with Crippen LogP contribution in [0.25, 0.3) is 0 Å². The van der Waals surface area contributed by atoms with Crippen molar-refractivity contribution < 1.29 is 28.5 Å². The van der Waals surface area contributed by atoms with Crippen molar-refractivity contribution in [1.29, 1.82) is 0 Å². The molecule has 0 spiro atoms. The monoisotopic (exact) mass is 462 g/mol. The quantitative estimate of drug-likeness (QED) is 0.207. The van der Waals surface area contributed by atoms with Crippen molar-refractivity contribution in [3.63, 3.8) is 0 Å². The van der Waals surface area contributed by atoms with E-state index in [1.807, 2.05) is 13.8 Å². The summed E-state index contributed by atoms with van der Waals surface area (Å²) >= 11 is 0. The van der Waals surface area contributed by atoms with E-state index in [9.17, 15) is 9.59 Å². The van der Waals surface area contributed by atoms with Crippen LogP contribution >= 0.6 is 0 Å². The Hall–Kier alpha value is -4.33. The van der Waals surface area contributed by atoms with Crippen molar-refractivity contribution in [3.8, 4) is 23.0 Å². The molecule has 3 rings (SSSR count). The standard InChI is InChI=1S/C26H26N2O6/c1-4-32-20-13-11-19(12-14-20)26(30)34-23-15-10-18(16-24(23)31-3)17-27-28-25(29)21-8-6-7-9-22(21)33-5-2/h6-17H,4-5H2,1-3H3,(H,28,29). The number of carbonyl (C=O) groups excluding carboxylic acids is 2. The Morgan fingerprint density at radius 1 is 0.882 bits per heavy atom. The molecule has 0 radical (unpaired) electrons. The maximum absolute atomic E-state index is 12.5. The Morgan fingerprint density at radius 2 is 1.62 bits per heavy atom. The lowest BCUT2D eigenvalue weighted by atomic mass is 10.2. The number of rotatable bonds is 10. The molecule has 1 N–H and O–H groups in total. The minimum absolute atomic E-state index is 0.258. The predicted molar refractivity (Wildman–Crippen MR) is 128 cm³/mol. The van der Waals surface area contributed by atoms with Gasteiger partial charge in [0, 0.05) is 0 Å². The molecule has 8 nitrogen and oxygen atoms in total. The summed E-state index contributed by atoms with van der Waals surface area (Å²) in [7, 11) is 1.47. The van der Waals surface area contributed by atoms with Crippen molar-refractivity contribution in [2.45, 2.75) is 13.8 Å². The fraction of sp³-hybridized carbons (Fsp3) is 0.192. The highest BCUT2D eigenvalue weighted by Gasteiger charge is 2.14. The number of carbonyl (C=O) groups is 2. The maximum atomic E-state index is 12.5. The molecule has 0 aliphatic rings. The van der Waals surface area contributed by atoms with Gasteiger partial charge in [0.05, 0.1) is 37.7 Å². The van der Waals surface area contributed by atoms with Gasteiger partial charge in [0.25, 0.3) is 5.91 Å². The molecule has 3 aromatic rings. The molecular formula is C26H26N2O6. The van der Waals surface area contributed by atoms with Gasteiger partial charge in [-0.25, -0.2) is 10.2 Å². The summed E-state index contributed by atoms with van der Waals surface area (Å²) in [6.45, 7) is 4.72. The molecule has 176 valence electrons. The van der Waals surface area contributed by atoms with Crippen LogP contribution in [0.4, 0.5) is 0 Å². The van der Waals surface area contributed by atoms with Crippen LogP contribution < -0.4 is 24.4 Å². The molecule has 1 amide bonds. The van der Waals surface area contributed by atoms with Crippen LogP contribution in [-0.4, -0.2) is 38.4 Å². The average molecular weight is 463 g/mol. The number of amides is 1. The molecular weight excluding hydrogens is 436 g/mol. The number of esters is 1. The van der Waals surface area contributed by atoms with Crippen molar-refractivity contribution >= 4 is 18.1 Å². The van der Waals surface area contributed by atoms with Crippen molar-refractivity contribution in [1.82, 2.24) is 5.43 Å². The Bertz CT molecular complexity index is 1160. The van der Waals surface area contributed by atoms with Crippen molar-refractivity contribution in [3.05, 3.63) is 83.4 Å². The summed E-state index contributed by atoms with van der Waals surface area (Å²) in [6.07, 6.45) is 1.46. The topological polar surface area (TPSA) is 95.5 Å². The molecule has 0 bridgehead atoms. The summed E-state index contributed by atoms with van der Waals surface area (Å²) in [4.78, 5) is 24.9. The van der Waals surface area contributed by atoms with E-state index < -0.39 is 11.9 Å². The third-order valence-electron chi connectivity index (χ3n) is 4.60. The number of benzene rings is 3. The Kier molecular flexibility index (Phi) is 8.62. The Labute approximate surface area is 198 Å². The van der Waals surface area contributed by atoms with Gasteiger partial charge >= 0.3 is 5.97 Å². The number of methoxy groups -OCH3 is 1. The predicted octanol–water partition coefficient (Wildman–Crippen LogP) is 4.48. The van der Waals surface area contributed by atoms with E-state index in [0.717, 1.165) is 0 Å². The number of para-hydroxylation sites is 1. The van der Waals surface area contributed by atoms with Gasteiger partial charge in [0.15, 0.2) is 11.5 Å². The summed E-state index contributed by atoms with van der Waals surface area (Å²) < 4.78 is 21.7. The van der Waals surface area contributed by atoms with Gasteiger partial charge in [0.1, 0.15) is 11.5 Å². The molecule has 0 atom stereocenters. The second kappa shape index (κ2) is 12.1. The van der Waals surface area contributed by atoms with E-state index in [1.165, 1.54) is 13.3 Å². The van der Waals surface area contributed by atoms with Crippen LogP contribution in [0.1, 0.15) is 40.1 Å². The zero-order chi connectivity index (χ0) is 24.3. The van der Waals surface area contributed by atoms with E-state index in [0.29, 0.717) is 47.2 Å². The van der Waals surface area contributed by atoms with Gasteiger partial charge in [-0.2, -0.15) is 5.10 Å². The molecule has 8 heteroatoms. The van der Waals surface area contributed by atoms with Crippen LogP contribution in [0, 0.1) is 0 Å². The van der Waals surface area contributed by atoms with E-state index >= 15 is 0 Å². The van der Waals surface area contributed by atoms with Crippen LogP contribution in [0.3, 0.4) is 0 Å². The van der Waals surface area contributed by atoms with E-state index in [-0.39, 0.29) is 5.75 Å². The number of nitrogens with zero attached hydrogens (tertiary/aromatic N) is 1. The molecule has 0 aliphatic carbocycles. The third-order valence-corrected chi connectivity index (χ3v) is 4.60. The van der Waals surface area contributed by atoms with Crippen LogP contribution in [0.5, 0.6) is 23.0 Å². The van der Waals surface area contributed by atoms with Gasteiger partial charge in [-0.3, -0.25) is 4.79 Å². The smallest absolute Gasteiger partial charge is 0.343 e. The van der Waals surface area contributed by atoms with Gasteiger partial charge < -0.3 is 18.9 Å². The first-order valence-electron chi connectivity index (χ1n) is 10.7. The number of hydrazone groups is 1. The highest BCUT2D eigenvalue weighted by molar-refractivity contribution is 5.97. The van der Waals surface area contributed by atoms with Crippen LogP contribution in [0.2, 0.25) is 0 Å². The molecule has 0 unspecified atom stereocenters. The van der Waals surface area contributed by atoms with Gasteiger partial charge in [-0.05, 0) is 74.0 Å². The molecule has 34 heavy (non-hydrogen) atoms. The summed E-state index contributed by atoms with van der Waals surface area (Å²) in [5, 5.41) is 4.00. The maximum Gasteiger partial charge on any atom is 0.343 e. The van der Waals surface area contributed by atoms with Crippen molar-refractivity contribution in [2.75, 3.05) is 20.3 Å². The first-order chi connectivity index (χ1) is 16.5. The lowest BCUT2D eigenvalue weighted by Gasteiger charge is -2.10. The zero-order valence-electron chi connectivity index (χ0n) is 19.2. The molecule has 0 aliphatic heterocycles. The third kappa shape index (κ3) is 6.35. The van der Waals surface area contributed by atoms with Crippen molar-refractivity contribution in [2.24, 2.45) is 5.10 Å². The van der Waals surface area contributed by atoms with E-state index in [2.05, 4.69) is 10.5 Å². The average Bonchev–Trinajstić information content (AvgIpc) is 2.86. The normalized spacial score (nSPS) is 10.6. The summed E-state index contributed by atoms with van der Waals surface area (Å²) in [5.74, 6) is 0.840. The second-order valence-electron chi connectivity index (χ2n) is 6.89. The first kappa shape index (κ1) is 24.3. The molecule has 0 fully saturated rings. The summed E-state index contributed by atoms with van der Waals surface area (Å²) in [6, 6.07) is 18.5. The molecule has 0 heterocycles.